The standard InChI is InChI=1S/C16H13N5/c1-11-15(20-10-19-11)16-17-6-7-21(16)13-8-12-4-2-3-5-14(12)18-9-13/h2-10H,1H3,(H,19,20). The van der Waals surface area contributed by atoms with Gasteiger partial charge in [0.05, 0.1) is 23.7 Å². The van der Waals surface area contributed by atoms with Crippen LogP contribution in [-0.4, -0.2) is 24.5 Å². The lowest BCUT2D eigenvalue weighted by molar-refractivity contribution is 1.04. The summed E-state index contributed by atoms with van der Waals surface area (Å²) in [4.78, 5) is 16.4. The van der Waals surface area contributed by atoms with Crippen LogP contribution in [0.15, 0.2) is 55.2 Å². The van der Waals surface area contributed by atoms with Gasteiger partial charge >= 0.3 is 0 Å². The molecule has 0 atom stereocenters. The lowest BCUT2D eigenvalue weighted by Gasteiger charge is -2.07. The van der Waals surface area contributed by atoms with Crippen molar-refractivity contribution in [3.63, 3.8) is 0 Å². The number of aromatic nitrogens is 5. The molecule has 5 nitrogen and oxygen atoms in total. The van der Waals surface area contributed by atoms with Crippen molar-refractivity contribution in [2.45, 2.75) is 6.92 Å². The Morgan fingerprint density at radius 3 is 2.86 bits per heavy atom. The highest BCUT2D eigenvalue weighted by molar-refractivity contribution is 5.80. The molecule has 0 spiro atoms. The SMILES string of the molecule is Cc1[nH]cnc1-c1nccn1-c1cnc2ccccc2c1. The van der Waals surface area contributed by atoms with Gasteiger partial charge in [0.25, 0.3) is 0 Å². The summed E-state index contributed by atoms with van der Waals surface area (Å²) >= 11 is 0. The lowest BCUT2D eigenvalue weighted by Crippen LogP contribution is -1.98. The number of nitrogens with one attached hydrogen (secondary N) is 1. The number of para-hydroxylation sites is 1. The van der Waals surface area contributed by atoms with Crippen LogP contribution in [0.25, 0.3) is 28.1 Å². The first kappa shape index (κ1) is 11.8. The third kappa shape index (κ3) is 1.90. The molecule has 3 aromatic heterocycles. The van der Waals surface area contributed by atoms with E-state index < -0.39 is 0 Å². The van der Waals surface area contributed by atoms with Crippen LogP contribution >= 0.6 is 0 Å². The fourth-order valence-corrected chi connectivity index (χ4v) is 2.46. The van der Waals surface area contributed by atoms with E-state index in [1.807, 2.05) is 42.1 Å². The van der Waals surface area contributed by atoms with Gasteiger partial charge in [-0.2, -0.15) is 0 Å². The second-order valence-corrected chi connectivity index (χ2v) is 4.88. The van der Waals surface area contributed by atoms with E-state index in [-0.39, 0.29) is 0 Å². The highest BCUT2D eigenvalue weighted by Crippen LogP contribution is 2.23. The number of nitrogens with zero attached hydrogens (tertiary/aromatic N) is 4. The molecule has 1 aromatic carbocycles. The van der Waals surface area contributed by atoms with Gasteiger partial charge in [0.15, 0.2) is 5.82 Å². The van der Waals surface area contributed by atoms with Gasteiger partial charge in [-0.05, 0) is 19.1 Å². The van der Waals surface area contributed by atoms with Crippen molar-refractivity contribution in [3.8, 4) is 17.2 Å². The number of imidazole rings is 2. The predicted octanol–water partition coefficient (Wildman–Crippen LogP) is 3.12. The number of aryl methyl sites for hydroxylation is 1. The van der Waals surface area contributed by atoms with Crippen molar-refractivity contribution in [3.05, 3.63) is 60.9 Å². The molecule has 0 aliphatic heterocycles. The van der Waals surface area contributed by atoms with Gasteiger partial charge in [-0.15, -0.1) is 0 Å². The Labute approximate surface area is 121 Å². The van der Waals surface area contributed by atoms with Crippen molar-refractivity contribution in [1.29, 1.82) is 0 Å². The number of aromatic amines is 1. The third-order valence-electron chi connectivity index (χ3n) is 3.54. The van der Waals surface area contributed by atoms with Gasteiger partial charge in [0.1, 0.15) is 5.69 Å². The first-order chi connectivity index (χ1) is 10.3. The van der Waals surface area contributed by atoms with E-state index >= 15 is 0 Å². The van der Waals surface area contributed by atoms with Crippen molar-refractivity contribution < 1.29 is 0 Å². The monoisotopic (exact) mass is 275 g/mol. The molecule has 0 saturated carbocycles. The average molecular weight is 275 g/mol. The number of rotatable bonds is 2. The van der Waals surface area contributed by atoms with Crippen molar-refractivity contribution in [2.24, 2.45) is 0 Å². The molecule has 0 bridgehead atoms. The number of H-pyrrole nitrogens is 1. The third-order valence-corrected chi connectivity index (χ3v) is 3.54. The van der Waals surface area contributed by atoms with Gasteiger partial charge in [-0.1, -0.05) is 18.2 Å². The second kappa shape index (κ2) is 4.56. The van der Waals surface area contributed by atoms with Crippen LogP contribution in [0, 0.1) is 6.92 Å². The molecule has 0 unspecified atom stereocenters. The van der Waals surface area contributed by atoms with Gasteiger partial charge in [0, 0.05) is 23.5 Å². The summed E-state index contributed by atoms with van der Waals surface area (Å²) in [6.07, 6.45) is 7.24. The fraction of sp³-hybridized carbons (Fsp3) is 0.0625. The summed E-state index contributed by atoms with van der Waals surface area (Å²) in [6, 6.07) is 10.2. The largest absolute Gasteiger partial charge is 0.348 e. The molecule has 3 heterocycles. The Bertz CT molecular complexity index is 919. The molecule has 0 aliphatic carbocycles. The second-order valence-electron chi connectivity index (χ2n) is 4.88. The molecule has 1 N–H and O–H groups in total. The number of pyridine rings is 1. The van der Waals surface area contributed by atoms with Crippen LogP contribution in [0.5, 0.6) is 0 Å². The topological polar surface area (TPSA) is 59.4 Å². The van der Waals surface area contributed by atoms with E-state index in [0.717, 1.165) is 33.8 Å². The summed E-state index contributed by atoms with van der Waals surface area (Å²) in [6.45, 7) is 1.99. The Morgan fingerprint density at radius 2 is 2.00 bits per heavy atom. The molecule has 4 aromatic rings. The fourth-order valence-electron chi connectivity index (χ4n) is 2.46. The van der Waals surface area contributed by atoms with Crippen LogP contribution in [0.2, 0.25) is 0 Å². The maximum Gasteiger partial charge on any atom is 0.165 e. The van der Waals surface area contributed by atoms with Crippen molar-refractivity contribution in [1.82, 2.24) is 24.5 Å². The lowest BCUT2D eigenvalue weighted by atomic mass is 10.2. The Balaban J connectivity index is 1.90. The summed E-state index contributed by atoms with van der Waals surface area (Å²) in [7, 11) is 0. The summed E-state index contributed by atoms with van der Waals surface area (Å²) in [5.74, 6) is 0.811. The average Bonchev–Trinajstić information content (AvgIpc) is 3.15. The number of hydrogen-bond donors (Lipinski definition) is 1. The smallest absolute Gasteiger partial charge is 0.165 e. The highest BCUT2D eigenvalue weighted by Gasteiger charge is 2.12. The summed E-state index contributed by atoms with van der Waals surface area (Å²) < 4.78 is 2.00. The maximum atomic E-state index is 4.51. The van der Waals surface area contributed by atoms with Crippen LogP contribution in [-0.2, 0) is 0 Å². The van der Waals surface area contributed by atoms with Crippen LogP contribution in [0.3, 0.4) is 0 Å². The first-order valence-corrected chi connectivity index (χ1v) is 6.72. The minimum atomic E-state index is 0.811. The summed E-state index contributed by atoms with van der Waals surface area (Å²) in [5.41, 5.74) is 3.81. The predicted molar refractivity (Wildman–Crippen MR) is 81.2 cm³/mol. The van der Waals surface area contributed by atoms with Gasteiger partial charge < -0.3 is 4.98 Å². The van der Waals surface area contributed by atoms with E-state index in [0.29, 0.717) is 0 Å². The summed E-state index contributed by atoms with van der Waals surface area (Å²) in [5, 5.41) is 1.10. The Morgan fingerprint density at radius 1 is 1.10 bits per heavy atom. The molecule has 5 heteroatoms. The maximum absolute atomic E-state index is 4.51. The minimum absolute atomic E-state index is 0.811. The molecule has 0 fully saturated rings. The molecule has 21 heavy (non-hydrogen) atoms. The van der Waals surface area contributed by atoms with Gasteiger partial charge in [-0.3, -0.25) is 9.55 Å². The van der Waals surface area contributed by atoms with Gasteiger partial charge in [-0.25, -0.2) is 9.97 Å². The molecular formula is C16H13N5. The molecule has 0 saturated heterocycles. The number of hydrogen-bond acceptors (Lipinski definition) is 3. The zero-order chi connectivity index (χ0) is 14.2. The van der Waals surface area contributed by atoms with E-state index in [4.69, 9.17) is 0 Å². The normalized spacial score (nSPS) is 11.1. The van der Waals surface area contributed by atoms with Crippen LogP contribution < -0.4 is 0 Å². The molecule has 0 amide bonds. The number of benzene rings is 1. The quantitative estimate of drug-likeness (QED) is 0.611. The number of fused-ring (bicyclic) bond motifs is 1. The Kier molecular flexibility index (Phi) is 2.57. The van der Waals surface area contributed by atoms with E-state index in [1.54, 1.807) is 12.5 Å². The van der Waals surface area contributed by atoms with Crippen molar-refractivity contribution in [2.75, 3.05) is 0 Å². The van der Waals surface area contributed by atoms with Crippen molar-refractivity contribution >= 4 is 10.9 Å². The van der Waals surface area contributed by atoms with E-state index in [9.17, 15) is 0 Å². The van der Waals surface area contributed by atoms with E-state index in [2.05, 4.69) is 32.1 Å². The van der Waals surface area contributed by atoms with Crippen LogP contribution in [0.4, 0.5) is 0 Å². The molecular weight excluding hydrogens is 262 g/mol. The molecule has 0 aliphatic rings. The van der Waals surface area contributed by atoms with Crippen LogP contribution in [0.1, 0.15) is 5.69 Å². The molecule has 0 radical (unpaired) electrons. The van der Waals surface area contributed by atoms with Gasteiger partial charge in [0.2, 0.25) is 0 Å². The molecule has 102 valence electrons. The van der Waals surface area contributed by atoms with E-state index in [1.165, 1.54) is 0 Å². The minimum Gasteiger partial charge on any atom is -0.348 e. The Hall–Kier alpha value is -2.95. The zero-order valence-corrected chi connectivity index (χ0v) is 11.5. The highest BCUT2D eigenvalue weighted by atomic mass is 15.1. The first-order valence-electron chi connectivity index (χ1n) is 6.72. The molecule has 4 rings (SSSR count). The zero-order valence-electron chi connectivity index (χ0n) is 11.5.